The molecular formula is C23H25FN6O2. The van der Waals surface area contributed by atoms with E-state index in [1.807, 2.05) is 6.07 Å². The van der Waals surface area contributed by atoms with Gasteiger partial charge in [0.15, 0.2) is 5.69 Å². The highest BCUT2D eigenvalue weighted by Crippen LogP contribution is 2.30. The number of nitrogens with zero attached hydrogens (tertiary/aromatic N) is 3. The minimum absolute atomic E-state index is 0.00475. The Morgan fingerprint density at radius 1 is 1.28 bits per heavy atom. The van der Waals surface area contributed by atoms with Crippen molar-refractivity contribution in [3.05, 3.63) is 60.3 Å². The fourth-order valence-corrected chi connectivity index (χ4v) is 3.80. The van der Waals surface area contributed by atoms with Gasteiger partial charge in [-0.3, -0.25) is 9.78 Å². The Morgan fingerprint density at radius 2 is 2.12 bits per heavy atom. The van der Waals surface area contributed by atoms with Crippen molar-refractivity contribution in [2.45, 2.75) is 18.9 Å². The minimum Gasteiger partial charge on any atom is -0.497 e. The van der Waals surface area contributed by atoms with Gasteiger partial charge < -0.3 is 26.4 Å². The van der Waals surface area contributed by atoms with Gasteiger partial charge in [0.05, 0.1) is 36.1 Å². The van der Waals surface area contributed by atoms with E-state index in [1.54, 1.807) is 18.5 Å². The molecule has 1 aliphatic rings. The van der Waals surface area contributed by atoms with Crippen molar-refractivity contribution in [2.24, 2.45) is 5.73 Å². The lowest BCUT2D eigenvalue weighted by molar-refractivity contribution is 0.102. The number of halogens is 1. The van der Waals surface area contributed by atoms with Crippen LogP contribution in [0.2, 0.25) is 0 Å². The van der Waals surface area contributed by atoms with Crippen LogP contribution in [-0.2, 0) is 0 Å². The molecule has 166 valence electrons. The maximum Gasteiger partial charge on any atom is 0.276 e. The molecule has 3 heterocycles. The first-order valence-electron chi connectivity index (χ1n) is 10.3. The van der Waals surface area contributed by atoms with Crippen molar-refractivity contribution in [3.8, 4) is 17.0 Å². The number of carbonyl (C=O) groups excluding carboxylic acids is 1. The standard InChI is InChI=1S/C23H25FN6O2/c1-32-15-4-5-17(24)16(11-15)19-7-6-18(26)22(28-19)23(31)29-20-12-27-9-8-21(20)30-10-2-3-14(25)13-30/h4-9,11-12,14H,2-3,10,13,25-26H2,1H3,(H,29,31). The molecule has 1 fully saturated rings. The van der Waals surface area contributed by atoms with Crippen LogP contribution in [-0.4, -0.2) is 42.1 Å². The molecule has 0 aliphatic carbocycles. The van der Waals surface area contributed by atoms with Crippen LogP contribution >= 0.6 is 0 Å². The Labute approximate surface area is 185 Å². The lowest BCUT2D eigenvalue weighted by Crippen LogP contribution is -2.43. The Bertz CT molecular complexity index is 1140. The van der Waals surface area contributed by atoms with Crippen LogP contribution in [0.5, 0.6) is 5.75 Å². The fourth-order valence-electron chi connectivity index (χ4n) is 3.80. The Kier molecular flexibility index (Phi) is 6.18. The minimum atomic E-state index is -0.511. The second kappa shape index (κ2) is 9.19. The number of nitrogens with two attached hydrogens (primary N) is 2. The van der Waals surface area contributed by atoms with E-state index in [2.05, 4.69) is 20.2 Å². The van der Waals surface area contributed by atoms with E-state index in [-0.39, 0.29) is 28.7 Å². The number of hydrogen-bond acceptors (Lipinski definition) is 7. The molecule has 1 amide bonds. The Balaban J connectivity index is 1.63. The van der Waals surface area contributed by atoms with Crippen LogP contribution in [0.15, 0.2) is 48.8 Å². The van der Waals surface area contributed by atoms with Gasteiger partial charge in [0, 0.05) is 30.9 Å². The number of piperidine rings is 1. The summed E-state index contributed by atoms with van der Waals surface area (Å²) in [6, 6.07) is 9.34. The summed E-state index contributed by atoms with van der Waals surface area (Å²) >= 11 is 0. The maximum atomic E-state index is 14.4. The van der Waals surface area contributed by atoms with Gasteiger partial charge in [0.1, 0.15) is 11.6 Å². The number of ether oxygens (including phenoxy) is 1. The topological polar surface area (TPSA) is 119 Å². The van der Waals surface area contributed by atoms with Crippen LogP contribution < -0.4 is 26.4 Å². The fraction of sp³-hybridized carbons (Fsp3) is 0.261. The largest absolute Gasteiger partial charge is 0.497 e. The molecule has 0 saturated carbocycles. The van der Waals surface area contributed by atoms with Crippen molar-refractivity contribution in [2.75, 3.05) is 36.1 Å². The summed E-state index contributed by atoms with van der Waals surface area (Å²) in [5.74, 6) is -0.514. The smallest absolute Gasteiger partial charge is 0.276 e. The van der Waals surface area contributed by atoms with Crippen molar-refractivity contribution in [1.29, 1.82) is 0 Å². The van der Waals surface area contributed by atoms with Crippen LogP contribution in [0.4, 0.5) is 21.5 Å². The van der Waals surface area contributed by atoms with Crippen molar-refractivity contribution >= 4 is 23.0 Å². The third kappa shape index (κ3) is 4.47. The molecule has 1 aliphatic heterocycles. The third-order valence-electron chi connectivity index (χ3n) is 5.44. The lowest BCUT2D eigenvalue weighted by atomic mass is 10.1. The highest BCUT2D eigenvalue weighted by Gasteiger charge is 2.22. The predicted molar refractivity (Wildman–Crippen MR) is 122 cm³/mol. The van der Waals surface area contributed by atoms with Gasteiger partial charge in [-0.15, -0.1) is 0 Å². The highest BCUT2D eigenvalue weighted by atomic mass is 19.1. The Hall–Kier alpha value is -3.72. The molecule has 8 nitrogen and oxygen atoms in total. The monoisotopic (exact) mass is 436 g/mol. The Morgan fingerprint density at radius 3 is 2.91 bits per heavy atom. The van der Waals surface area contributed by atoms with E-state index in [0.29, 0.717) is 18.0 Å². The second-order valence-electron chi connectivity index (χ2n) is 7.68. The molecule has 9 heteroatoms. The number of benzene rings is 1. The van der Waals surface area contributed by atoms with Gasteiger partial charge in [0.2, 0.25) is 0 Å². The van der Waals surface area contributed by atoms with Crippen molar-refractivity contribution in [1.82, 2.24) is 9.97 Å². The van der Waals surface area contributed by atoms with Crippen LogP contribution in [0.3, 0.4) is 0 Å². The normalized spacial score (nSPS) is 16.0. The summed E-state index contributed by atoms with van der Waals surface area (Å²) in [7, 11) is 1.49. The average Bonchev–Trinajstić information content (AvgIpc) is 2.80. The molecule has 2 aromatic heterocycles. The lowest BCUT2D eigenvalue weighted by Gasteiger charge is -2.33. The van der Waals surface area contributed by atoms with Gasteiger partial charge in [-0.05, 0) is 49.2 Å². The van der Waals surface area contributed by atoms with Gasteiger partial charge in [-0.2, -0.15) is 0 Å². The molecule has 1 atom stereocenters. The number of anilines is 3. The summed E-state index contributed by atoms with van der Waals surface area (Å²) in [5.41, 5.74) is 14.2. The number of pyridine rings is 2. The van der Waals surface area contributed by atoms with E-state index in [4.69, 9.17) is 16.2 Å². The summed E-state index contributed by atoms with van der Waals surface area (Å²) in [6.45, 7) is 1.53. The van der Waals surface area contributed by atoms with Crippen LogP contribution in [0.1, 0.15) is 23.3 Å². The van der Waals surface area contributed by atoms with Crippen molar-refractivity contribution in [3.63, 3.8) is 0 Å². The van der Waals surface area contributed by atoms with E-state index in [1.165, 1.54) is 31.4 Å². The molecule has 0 radical (unpaired) electrons. The first-order valence-corrected chi connectivity index (χ1v) is 10.3. The van der Waals surface area contributed by atoms with Crippen molar-refractivity contribution < 1.29 is 13.9 Å². The molecule has 5 N–H and O–H groups in total. The van der Waals surface area contributed by atoms with Crippen LogP contribution in [0, 0.1) is 5.82 Å². The third-order valence-corrected chi connectivity index (χ3v) is 5.44. The molecule has 0 bridgehead atoms. The van der Waals surface area contributed by atoms with E-state index in [9.17, 15) is 9.18 Å². The number of nitrogen functional groups attached to an aromatic ring is 1. The van der Waals surface area contributed by atoms with Gasteiger partial charge >= 0.3 is 0 Å². The zero-order valence-electron chi connectivity index (χ0n) is 17.7. The number of rotatable bonds is 5. The van der Waals surface area contributed by atoms with Gasteiger partial charge in [-0.1, -0.05) is 0 Å². The molecule has 1 saturated heterocycles. The quantitative estimate of drug-likeness (QED) is 0.562. The number of hydrogen-bond donors (Lipinski definition) is 3. The second-order valence-corrected chi connectivity index (χ2v) is 7.68. The zero-order valence-corrected chi connectivity index (χ0v) is 17.7. The maximum absolute atomic E-state index is 14.4. The molecular weight excluding hydrogens is 411 g/mol. The van der Waals surface area contributed by atoms with E-state index < -0.39 is 11.7 Å². The van der Waals surface area contributed by atoms with E-state index in [0.717, 1.165) is 25.1 Å². The molecule has 32 heavy (non-hydrogen) atoms. The highest BCUT2D eigenvalue weighted by molar-refractivity contribution is 6.07. The first-order chi connectivity index (χ1) is 15.5. The summed E-state index contributed by atoms with van der Waals surface area (Å²) in [6.07, 6.45) is 5.19. The molecule has 4 rings (SSSR count). The molecule has 1 unspecified atom stereocenters. The number of aromatic nitrogens is 2. The SMILES string of the molecule is COc1ccc(F)c(-c2ccc(N)c(C(=O)Nc3cnccc3N3CCCC(N)C3)n2)c1. The predicted octanol–water partition coefficient (Wildman–Crippen LogP) is 3.05. The first kappa shape index (κ1) is 21.5. The average molecular weight is 436 g/mol. The summed E-state index contributed by atoms with van der Waals surface area (Å²) < 4.78 is 19.6. The summed E-state index contributed by atoms with van der Waals surface area (Å²) in [5, 5.41) is 2.85. The number of carbonyl (C=O) groups is 1. The molecule has 1 aromatic carbocycles. The molecule has 0 spiro atoms. The number of nitrogens with one attached hydrogen (secondary N) is 1. The summed E-state index contributed by atoms with van der Waals surface area (Å²) in [4.78, 5) is 23.7. The van der Waals surface area contributed by atoms with Crippen LogP contribution in [0.25, 0.3) is 11.3 Å². The van der Waals surface area contributed by atoms with Gasteiger partial charge in [-0.25, -0.2) is 9.37 Å². The van der Waals surface area contributed by atoms with Gasteiger partial charge in [0.25, 0.3) is 5.91 Å². The number of methoxy groups -OCH3 is 1. The molecule has 3 aromatic rings. The zero-order chi connectivity index (χ0) is 22.7. The van der Waals surface area contributed by atoms with E-state index >= 15 is 0 Å². The number of amides is 1.